The van der Waals surface area contributed by atoms with Crippen LogP contribution in [0.5, 0.6) is 11.5 Å². The SMILES string of the molecule is COc1ccc([C@@H]2CN(Cc3ccccc3)C[C@@]2(C)C(=O)N2C(=O)OC[C@H]2C)cc1OC(C)(C)C. The van der Waals surface area contributed by atoms with Gasteiger partial charge in [-0.05, 0) is 57.9 Å². The van der Waals surface area contributed by atoms with Gasteiger partial charge < -0.3 is 14.2 Å². The largest absolute Gasteiger partial charge is 0.493 e. The van der Waals surface area contributed by atoms with Crippen LogP contribution in [-0.4, -0.2) is 60.2 Å². The first kappa shape index (κ1) is 25.0. The second kappa shape index (κ2) is 9.53. The van der Waals surface area contributed by atoms with Crippen LogP contribution in [0, 0.1) is 5.41 Å². The second-order valence-corrected chi connectivity index (χ2v) is 10.9. The summed E-state index contributed by atoms with van der Waals surface area (Å²) >= 11 is 0. The summed E-state index contributed by atoms with van der Waals surface area (Å²) in [6, 6.07) is 15.8. The van der Waals surface area contributed by atoms with Crippen molar-refractivity contribution in [1.82, 2.24) is 9.80 Å². The fraction of sp³-hybridized carbons (Fsp3) is 0.500. The molecule has 7 nitrogen and oxygen atoms in total. The number of imide groups is 1. The molecule has 2 heterocycles. The minimum atomic E-state index is -0.819. The number of nitrogens with zero attached hydrogens (tertiary/aromatic N) is 2. The third kappa shape index (κ3) is 5.15. The van der Waals surface area contributed by atoms with Gasteiger partial charge in [0, 0.05) is 25.6 Å². The van der Waals surface area contributed by atoms with E-state index in [1.807, 2.05) is 71.0 Å². The molecule has 188 valence electrons. The van der Waals surface area contributed by atoms with Crippen LogP contribution in [0.2, 0.25) is 0 Å². The maximum absolute atomic E-state index is 14.0. The summed E-state index contributed by atoms with van der Waals surface area (Å²) < 4.78 is 16.9. The van der Waals surface area contributed by atoms with E-state index in [-0.39, 0.29) is 24.5 Å². The van der Waals surface area contributed by atoms with Crippen molar-refractivity contribution < 1.29 is 23.8 Å². The smallest absolute Gasteiger partial charge is 0.416 e. The molecule has 0 radical (unpaired) electrons. The number of carbonyl (C=O) groups excluding carboxylic acids is 2. The molecule has 0 aromatic heterocycles. The molecule has 0 saturated carbocycles. The Morgan fingerprint density at radius 1 is 1.14 bits per heavy atom. The van der Waals surface area contributed by atoms with Crippen molar-refractivity contribution in [2.24, 2.45) is 5.41 Å². The van der Waals surface area contributed by atoms with Crippen molar-refractivity contribution in [3.05, 3.63) is 59.7 Å². The Hall–Kier alpha value is -3.06. The Labute approximate surface area is 207 Å². The number of cyclic esters (lactones) is 1. The highest BCUT2D eigenvalue weighted by Gasteiger charge is 2.53. The molecule has 7 heteroatoms. The van der Waals surface area contributed by atoms with Gasteiger partial charge in [-0.25, -0.2) is 9.69 Å². The van der Waals surface area contributed by atoms with Crippen molar-refractivity contribution in [3.63, 3.8) is 0 Å². The molecular weight excluding hydrogens is 444 g/mol. The normalized spacial score (nSPS) is 25.0. The predicted molar refractivity (Wildman–Crippen MR) is 134 cm³/mol. The number of benzene rings is 2. The monoisotopic (exact) mass is 480 g/mol. The first-order chi connectivity index (χ1) is 16.5. The van der Waals surface area contributed by atoms with E-state index >= 15 is 0 Å². The van der Waals surface area contributed by atoms with Crippen LogP contribution in [0.1, 0.15) is 51.7 Å². The summed E-state index contributed by atoms with van der Waals surface area (Å²) in [7, 11) is 1.62. The quantitative estimate of drug-likeness (QED) is 0.589. The molecule has 2 aromatic rings. The molecule has 4 rings (SSSR count). The third-order valence-corrected chi connectivity index (χ3v) is 6.81. The first-order valence-corrected chi connectivity index (χ1v) is 12.2. The van der Waals surface area contributed by atoms with E-state index in [2.05, 4.69) is 17.0 Å². The Morgan fingerprint density at radius 2 is 1.86 bits per heavy atom. The van der Waals surface area contributed by atoms with Crippen LogP contribution in [0.15, 0.2) is 48.5 Å². The number of rotatable bonds is 6. The van der Waals surface area contributed by atoms with Crippen LogP contribution < -0.4 is 9.47 Å². The number of hydrogen-bond donors (Lipinski definition) is 0. The topological polar surface area (TPSA) is 68.3 Å². The number of methoxy groups -OCH3 is 1. The van der Waals surface area contributed by atoms with Crippen LogP contribution in [0.25, 0.3) is 0 Å². The highest BCUT2D eigenvalue weighted by molar-refractivity contribution is 5.97. The summed E-state index contributed by atoms with van der Waals surface area (Å²) in [5.74, 6) is 0.949. The number of hydrogen-bond acceptors (Lipinski definition) is 6. The van der Waals surface area contributed by atoms with Crippen LogP contribution >= 0.6 is 0 Å². The van der Waals surface area contributed by atoms with Gasteiger partial charge in [-0.15, -0.1) is 0 Å². The van der Waals surface area contributed by atoms with Crippen molar-refractivity contribution >= 4 is 12.0 Å². The fourth-order valence-electron chi connectivity index (χ4n) is 5.14. The molecular formula is C28H36N2O5. The van der Waals surface area contributed by atoms with Gasteiger partial charge in [0.25, 0.3) is 0 Å². The first-order valence-electron chi connectivity index (χ1n) is 12.2. The average molecular weight is 481 g/mol. The van der Waals surface area contributed by atoms with E-state index in [9.17, 15) is 9.59 Å². The van der Waals surface area contributed by atoms with Gasteiger partial charge in [-0.2, -0.15) is 0 Å². The standard InChI is InChI=1S/C28H36N2O5/c1-19-17-34-26(32)30(19)25(31)28(5)18-29(15-20-10-8-7-9-11-20)16-22(28)21-12-13-23(33-6)24(14-21)35-27(2,3)4/h7-14,19,22H,15-18H2,1-6H3/t19-,22+,28-/m1/s1. The molecule has 2 aromatic carbocycles. The van der Waals surface area contributed by atoms with Gasteiger partial charge in [0.05, 0.1) is 18.6 Å². The summed E-state index contributed by atoms with van der Waals surface area (Å²) in [6.45, 7) is 11.9. The van der Waals surface area contributed by atoms with Crippen LogP contribution in [0.4, 0.5) is 4.79 Å². The van der Waals surface area contributed by atoms with E-state index in [0.717, 1.165) is 12.1 Å². The van der Waals surface area contributed by atoms with Gasteiger partial charge in [0.2, 0.25) is 5.91 Å². The highest BCUT2D eigenvalue weighted by Crippen LogP contribution is 2.47. The lowest BCUT2D eigenvalue weighted by atomic mass is 9.74. The predicted octanol–water partition coefficient (Wildman–Crippen LogP) is 4.85. The van der Waals surface area contributed by atoms with Gasteiger partial charge in [0.1, 0.15) is 12.2 Å². The lowest BCUT2D eigenvalue weighted by molar-refractivity contribution is -0.139. The molecule has 0 spiro atoms. The minimum Gasteiger partial charge on any atom is -0.493 e. The van der Waals surface area contributed by atoms with Gasteiger partial charge in [-0.1, -0.05) is 36.4 Å². The molecule has 3 atom stereocenters. The lowest BCUT2D eigenvalue weighted by Crippen LogP contribution is -2.49. The minimum absolute atomic E-state index is 0.146. The summed E-state index contributed by atoms with van der Waals surface area (Å²) in [5.41, 5.74) is 0.939. The zero-order valence-corrected chi connectivity index (χ0v) is 21.5. The lowest BCUT2D eigenvalue weighted by Gasteiger charge is -2.33. The molecule has 0 N–H and O–H groups in total. The molecule has 2 amide bonds. The van der Waals surface area contributed by atoms with Crippen LogP contribution in [0.3, 0.4) is 0 Å². The van der Waals surface area contributed by atoms with E-state index in [4.69, 9.17) is 14.2 Å². The van der Waals surface area contributed by atoms with Gasteiger partial charge >= 0.3 is 6.09 Å². The average Bonchev–Trinajstić information content (AvgIpc) is 3.31. The van der Waals surface area contributed by atoms with Crippen molar-refractivity contribution in [1.29, 1.82) is 0 Å². The zero-order chi connectivity index (χ0) is 25.4. The van der Waals surface area contributed by atoms with Gasteiger partial charge in [-0.3, -0.25) is 9.69 Å². The zero-order valence-electron chi connectivity index (χ0n) is 21.5. The molecule has 0 unspecified atom stereocenters. The maximum atomic E-state index is 14.0. The molecule has 35 heavy (non-hydrogen) atoms. The van der Waals surface area contributed by atoms with E-state index in [1.54, 1.807) is 7.11 Å². The molecule has 2 saturated heterocycles. The number of likely N-dealkylation sites (tertiary alicyclic amines) is 1. The maximum Gasteiger partial charge on any atom is 0.416 e. The number of amides is 2. The summed E-state index contributed by atoms with van der Waals surface area (Å²) in [6.07, 6.45) is -0.560. The van der Waals surface area contributed by atoms with Gasteiger partial charge in [0.15, 0.2) is 11.5 Å². The summed E-state index contributed by atoms with van der Waals surface area (Å²) in [5, 5.41) is 0. The summed E-state index contributed by atoms with van der Waals surface area (Å²) in [4.78, 5) is 30.0. The molecule has 2 aliphatic heterocycles. The second-order valence-electron chi connectivity index (χ2n) is 10.9. The van der Waals surface area contributed by atoms with Crippen molar-refractivity contribution in [3.8, 4) is 11.5 Å². The Bertz CT molecular complexity index is 1080. The number of ether oxygens (including phenoxy) is 3. The Kier molecular flexibility index (Phi) is 6.82. The molecule has 2 fully saturated rings. The Morgan fingerprint density at radius 3 is 2.46 bits per heavy atom. The van der Waals surface area contributed by atoms with Crippen LogP contribution in [-0.2, 0) is 16.1 Å². The van der Waals surface area contributed by atoms with Crippen molar-refractivity contribution in [2.45, 2.75) is 58.7 Å². The van der Waals surface area contributed by atoms with E-state index in [1.165, 1.54) is 10.5 Å². The molecule has 0 aliphatic carbocycles. The van der Waals surface area contributed by atoms with E-state index in [0.29, 0.717) is 24.6 Å². The highest BCUT2D eigenvalue weighted by atomic mass is 16.6. The molecule has 0 bridgehead atoms. The molecule has 2 aliphatic rings. The van der Waals surface area contributed by atoms with Crippen molar-refractivity contribution in [2.75, 3.05) is 26.8 Å². The van der Waals surface area contributed by atoms with E-state index < -0.39 is 17.1 Å². The number of carbonyl (C=O) groups is 2. The Balaban J connectivity index is 1.72. The fourth-order valence-corrected chi connectivity index (χ4v) is 5.14. The third-order valence-electron chi connectivity index (χ3n) is 6.81.